The molecule has 0 aliphatic carbocycles. The molecule has 0 radical (unpaired) electrons. The average Bonchev–Trinajstić information content (AvgIpc) is 2.84. The van der Waals surface area contributed by atoms with Crippen molar-refractivity contribution < 1.29 is 9.59 Å². The van der Waals surface area contributed by atoms with Crippen LogP contribution in [0.5, 0.6) is 0 Å². The molecule has 140 valence electrons. The number of aromatic nitrogens is 2. The fraction of sp³-hybridized carbons (Fsp3) is 0.550. The van der Waals surface area contributed by atoms with E-state index in [1.165, 1.54) is 0 Å². The Labute approximate surface area is 154 Å². The Kier molecular flexibility index (Phi) is 5.91. The highest BCUT2D eigenvalue weighted by molar-refractivity contribution is 6.02. The lowest BCUT2D eigenvalue weighted by molar-refractivity contribution is 0.0748. The van der Waals surface area contributed by atoms with E-state index in [2.05, 4.69) is 11.9 Å². The summed E-state index contributed by atoms with van der Waals surface area (Å²) in [6.07, 6.45) is 8.18. The number of carbonyl (C=O) groups is 2. The molecule has 0 spiro atoms. The van der Waals surface area contributed by atoms with Gasteiger partial charge >= 0.3 is 0 Å². The van der Waals surface area contributed by atoms with Crippen molar-refractivity contribution in [1.82, 2.24) is 19.2 Å². The minimum absolute atomic E-state index is 0.0802. The van der Waals surface area contributed by atoms with Crippen LogP contribution in [0.15, 0.2) is 24.4 Å². The summed E-state index contributed by atoms with van der Waals surface area (Å²) in [4.78, 5) is 34.0. The van der Waals surface area contributed by atoms with Crippen molar-refractivity contribution in [2.75, 3.05) is 26.7 Å². The van der Waals surface area contributed by atoms with Crippen molar-refractivity contribution in [2.24, 2.45) is 0 Å². The van der Waals surface area contributed by atoms with E-state index in [9.17, 15) is 9.59 Å². The summed E-state index contributed by atoms with van der Waals surface area (Å²) in [5.74, 6) is 0.134. The van der Waals surface area contributed by atoms with Crippen molar-refractivity contribution in [3.63, 3.8) is 0 Å². The van der Waals surface area contributed by atoms with Crippen LogP contribution in [0.2, 0.25) is 0 Å². The van der Waals surface area contributed by atoms with E-state index >= 15 is 0 Å². The summed E-state index contributed by atoms with van der Waals surface area (Å²) in [6.45, 7) is 4.32. The van der Waals surface area contributed by atoms with Gasteiger partial charge in [-0.1, -0.05) is 32.3 Å². The summed E-state index contributed by atoms with van der Waals surface area (Å²) in [5, 5.41) is 0. The zero-order chi connectivity index (χ0) is 18.5. The number of carbonyl (C=O) groups excluding carboxylic acids is 2. The fourth-order valence-electron chi connectivity index (χ4n) is 3.44. The van der Waals surface area contributed by atoms with E-state index < -0.39 is 0 Å². The molecule has 2 amide bonds. The largest absolute Gasteiger partial charge is 0.340 e. The van der Waals surface area contributed by atoms with Crippen LogP contribution in [0.25, 0.3) is 5.52 Å². The maximum atomic E-state index is 13.1. The van der Waals surface area contributed by atoms with Gasteiger partial charge in [-0.2, -0.15) is 0 Å². The van der Waals surface area contributed by atoms with Gasteiger partial charge in [0, 0.05) is 32.9 Å². The number of unbranched alkanes of at least 4 members (excludes halogenated alkanes) is 1. The van der Waals surface area contributed by atoms with Crippen molar-refractivity contribution in [3.8, 4) is 0 Å². The van der Waals surface area contributed by atoms with Crippen molar-refractivity contribution in [2.45, 2.75) is 45.4 Å². The maximum Gasteiger partial charge on any atom is 0.290 e. The maximum absolute atomic E-state index is 13.1. The number of hydrogen-bond donors (Lipinski definition) is 0. The molecule has 1 aliphatic heterocycles. The second-order valence-electron chi connectivity index (χ2n) is 7.03. The zero-order valence-electron chi connectivity index (χ0n) is 15.8. The van der Waals surface area contributed by atoms with Crippen LogP contribution in [0.4, 0.5) is 0 Å². The Balaban J connectivity index is 1.94. The van der Waals surface area contributed by atoms with E-state index in [0.29, 0.717) is 23.6 Å². The second kappa shape index (κ2) is 8.34. The summed E-state index contributed by atoms with van der Waals surface area (Å²) >= 11 is 0. The highest BCUT2D eigenvalue weighted by atomic mass is 16.2. The minimum atomic E-state index is -0.128. The SMILES string of the molecule is CCCCN(C)C(=O)c1nc(C(=O)N2CCCCCC2)n2ccccc12. The first-order valence-electron chi connectivity index (χ1n) is 9.65. The molecule has 1 saturated heterocycles. The first kappa shape index (κ1) is 18.4. The zero-order valence-corrected chi connectivity index (χ0v) is 15.8. The van der Waals surface area contributed by atoms with Crippen molar-refractivity contribution >= 4 is 17.3 Å². The van der Waals surface area contributed by atoms with Crippen LogP contribution < -0.4 is 0 Å². The molecule has 0 saturated carbocycles. The average molecular weight is 356 g/mol. The van der Waals surface area contributed by atoms with Crippen LogP contribution >= 0.6 is 0 Å². The van der Waals surface area contributed by atoms with Crippen LogP contribution in [0, 0.1) is 0 Å². The van der Waals surface area contributed by atoms with Gasteiger partial charge in [0.05, 0.1) is 5.52 Å². The topological polar surface area (TPSA) is 57.9 Å². The van der Waals surface area contributed by atoms with Crippen molar-refractivity contribution in [3.05, 3.63) is 35.9 Å². The molecular formula is C20H28N4O2. The summed E-state index contributed by atoms with van der Waals surface area (Å²) in [7, 11) is 1.79. The molecular weight excluding hydrogens is 328 g/mol. The van der Waals surface area contributed by atoms with Gasteiger partial charge in [0.25, 0.3) is 11.8 Å². The molecule has 0 bridgehead atoms. The van der Waals surface area contributed by atoms with Gasteiger partial charge in [-0.25, -0.2) is 4.98 Å². The lowest BCUT2D eigenvalue weighted by Crippen LogP contribution is -2.33. The predicted molar refractivity (Wildman–Crippen MR) is 101 cm³/mol. The van der Waals surface area contributed by atoms with E-state index in [-0.39, 0.29) is 11.8 Å². The molecule has 1 aliphatic rings. The lowest BCUT2D eigenvalue weighted by atomic mass is 10.2. The van der Waals surface area contributed by atoms with Crippen LogP contribution in [-0.2, 0) is 0 Å². The highest BCUT2D eigenvalue weighted by Gasteiger charge is 2.26. The molecule has 2 aromatic rings. The number of nitrogens with zero attached hydrogens (tertiary/aromatic N) is 4. The third kappa shape index (κ3) is 3.74. The molecule has 6 heteroatoms. The number of rotatable bonds is 5. The molecule has 26 heavy (non-hydrogen) atoms. The Morgan fingerprint density at radius 1 is 1.15 bits per heavy atom. The Morgan fingerprint density at radius 3 is 2.58 bits per heavy atom. The van der Waals surface area contributed by atoms with Gasteiger partial charge in [-0.3, -0.25) is 14.0 Å². The summed E-state index contributed by atoms with van der Waals surface area (Å²) < 4.78 is 1.76. The molecule has 3 heterocycles. The van der Waals surface area contributed by atoms with Gasteiger partial charge in [0.1, 0.15) is 0 Å². The van der Waals surface area contributed by atoms with Crippen molar-refractivity contribution in [1.29, 1.82) is 0 Å². The van der Waals surface area contributed by atoms with Gasteiger partial charge < -0.3 is 9.80 Å². The summed E-state index contributed by atoms with van der Waals surface area (Å²) in [6, 6.07) is 5.59. The predicted octanol–water partition coefficient (Wildman–Crippen LogP) is 3.22. The monoisotopic (exact) mass is 356 g/mol. The quantitative estimate of drug-likeness (QED) is 0.826. The first-order chi connectivity index (χ1) is 12.6. The Morgan fingerprint density at radius 2 is 1.88 bits per heavy atom. The Bertz CT molecular complexity index is 775. The van der Waals surface area contributed by atoms with Crippen LogP contribution in [-0.4, -0.2) is 57.7 Å². The van der Waals surface area contributed by atoms with Gasteiger partial charge in [-0.05, 0) is 31.4 Å². The van der Waals surface area contributed by atoms with E-state index in [1.807, 2.05) is 29.3 Å². The molecule has 0 aromatic carbocycles. The number of likely N-dealkylation sites (tertiary alicyclic amines) is 1. The molecule has 6 nitrogen and oxygen atoms in total. The van der Waals surface area contributed by atoms with E-state index in [4.69, 9.17) is 0 Å². The number of hydrogen-bond acceptors (Lipinski definition) is 3. The van der Waals surface area contributed by atoms with Gasteiger partial charge in [-0.15, -0.1) is 0 Å². The molecule has 0 unspecified atom stereocenters. The third-order valence-corrected chi connectivity index (χ3v) is 5.03. The first-order valence-corrected chi connectivity index (χ1v) is 9.65. The number of fused-ring (bicyclic) bond motifs is 1. The second-order valence-corrected chi connectivity index (χ2v) is 7.03. The standard InChI is InChI=1S/C20H28N4O2/c1-3-4-12-22(2)19(25)17-16-11-7-10-15-24(16)18(21-17)20(26)23-13-8-5-6-9-14-23/h7,10-11,15H,3-6,8-9,12-14H2,1-2H3. The van der Waals surface area contributed by atoms with Crippen LogP contribution in [0.1, 0.15) is 66.6 Å². The normalized spacial score (nSPS) is 15.1. The van der Waals surface area contributed by atoms with Crippen LogP contribution in [0.3, 0.4) is 0 Å². The lowest BCUT2D eigenvalue weighted by Gasteiger charge is -2.19. The molecule has 3 rings (SSSR count). The highest BCUT2D eigenvalue weighted by Crippen LogP contribution is 2.18. The number of amides is 2. The number of pyridine rings is 1. The molecule has 0 atom stereocenters. The van der Waals surface area contributed by atoms with Gasteiger partial charge in [0.2, 0.25) is 5.82 Å². The molecule has 1 fully saturated rings. The Hall–Kier alpha value is -2.37. The fourth-order valence-corrected chi connectivity index (χ4v) is 3.44. The van der Waals surface area contributed by atoms with E-state index in [0.717, 1.165) is 51.6 Å². The smallest absolute Gasteiger partial charge is 0.290 e. The molecule has 2 aromatic heterocycles. The number of imidazole rings is 1. The minimum Gasteiger partial charge on any atom is -0.340 e. The van der Waals surface area contributed by atoms with Gasteiger partial charge in [0.15, 0.2) is 5.69 Å². The van der Waals surface area contributed by atoms with E-state index in [1.54, 1.807) is 16.3 Å². The molecule has 0 N–H and O–H groups in total. The third-order valence-electron chi connectivity index (χ3n) is 5.03. The summed E-state index contributed by atoms with van der Waals surface area (Å²) in [5.41, 5.74) is 1.06.